The molecular weight excluding hydrogens is 268 g/mol. The summed E-state index contributed by atoms with van der Waals surface area (Å²) in [5.74, 6) is -0.269. The van der Waals surface area contributed by atoms with Gasteiger partial charge in [-0.15, -0.1) is 11.3 Å². The van der Waals surface area contributed by atoms with Gasteiger partial charge in [-0.25, -0.2) is 4.79 Å². The Labute approximate surface area is 116 Å². The highest BCUT2D eigenvalue weighted by Crippen LogP contribution is 2.27. The van der Waals surface area contributed by atoms with Gasteiger partial charge in [0.2, 0.25) is 0 Å². The van der Waals surface area contributed by atoms with Crippen molar-refractivity contribution >= 4 is 39.6 Å². The summed E-state index contributed by atoms with van der Waals surface area (Å²) < 4.78 is 5.00. The van der Waals surface area contributed by atoms with Crippen molar-refractivity contribution in [2.45, 2.75) is 32.7 Å². The summed E-state index contributed by atoms with van der Waals surface area (Å²) in [4.78, 5) is 12.3. The quantitative estimate of drug-likeness (QED) is 0.657. The van der Waals surface area contributed by atoms with Crippen LogP contribution < -0.4 is 10.6 Å². The summed E-state index contributed by atoms with van der Waals surface area (Å²) in [5, 5.41) is 7.79. The Kier molecular flexibility index (Phi) is 4.19. The Bertz CT molecular complexity index is 467. The smallest absolute Gasteiger partial charge is 0.348 e. The first-order valence-electron chi connectivity index (χ1n) is 5.95. The monoisotopic (exact) mass is 284 g/mol. The van der Waals surface area contributed by atoms with Crippen molar-refractivity contribution in [2.75, 3.05) is 11.9 Å². The molecule has 2 N–H and O–H groups in total. The molecule has 1 fully saturated rings. The molecule has 0 amide bonds. The van der Waals surface area contributed by atoms with E-state index in [2.05, 4.69) is 10.6 Å². The van der Waals surface area contributed by atoms with E-state index in [1.165, 1.54) is 24.2 Å². The minimum absolute atomic E-state index is 0.269. The predicted octanol–water partition coefficient (Wildman–Crippen LogP) is 2.68. The second-order valence-electron chi connectivity index (χ2n) is 4.22. The highest BCUT2D eigenvalue weighted by Gasteiger charge is 2.22. The summed E-state index contributed by atoms with van der Waals surface area (Å²) in [5.41, 5.74) is 0.912. The van der Waals surface area contributed by atoms with Crippen molar-refractivity contribution < 1.29 is 9.53 Å². The molecule has 0 saturated heterocycles. The molecular formula is C12H16N2O2S2. The molecule has 1 aromatic rings. The SMILES string of the molecule is CCOC(=O)c1sc(NC(=S)NC2CC2)cc1C. The van der Waals surface area contributed by atoms with E-state index in [1.54, 1.807) is 6.92 Å². The minimum atomic E-state index is -0.269. The highest BCUT2D eigenvalue weighted by molar-refractivity contribution is 7.80. The van der Waals surface area contributed by atoms with Crippen LogP contribution in [0.2, 0.25) is 0 Å². The van der Waals surface area contributed by atoms with Crippen LogP contribution in [0.15, 0.2) is 6.07 Å². The predicted molar refractivity (Wildman–Crippen MR) is 77.4 cm³/mol. The second-order valence-corrected chi connectivity index (χ2v) is 5.68. The van der Waals surface area contributed by atoms with Crippen LogP contribution in [0, 0.1) is 6.92 Å². The van der Waals surface area contributed by atoms with Crippen LogP contribution in [0.3, 0.4) is 0 Å². The zero-order chi connectivity index (χ0) is 13.1. The molecule has 1 heterocycles. The van der Waals surface area contributed by atoms with Crippen LogP contribution >= 0.6 is 23.6 Å². The molecule has 1 saturated carbocycles. The van der Waals surface area contributed by atoms with Crippen LogP contribution in [0.4, 0.5) is 5.00 Å². The lowest BCUT2D eigenvalue weighted by molar-refractivity contribution is 0.0531. The van der Waals surface area contributed by atoms with Crippen molar-refractivity contribution in [3.8, 4) is 0 Å². The van der Waals surface area contributed by atoms with E-state index >= 15 is 0 Å². The number of hydrogen-bond acceptors (Lipinski definition) is 4. The molecule has 2 rings (SSSR count). The standard InChI is InChI=1S/C12H16N2O2S2/c1-3-16-11(15)10-7(2)6-9(18-10)14-12(17)13-8-4-5-8/h6,8H,3-5H2,1-2H3,(H2,13,14,17). The number of ether oxygens (including phenoxy) is 1. The topological polar surface area (TPSA) is 50.4 Å². The summed E-state index contributed by atoms with van der Waals surface area (Å²) in [6.07, 6.45) is 2.36. The lowest BCUT2D eigenvalue weighted by Gasteiger charge is -2.06. The molecule has 0 bridgehead atoms. The maximum absolute atomic E-state index is 11.7. The summed E-state index contributed by atoms with van der Waals surface area (Å²) >= 11 is 6.56. The molecule has 4 nitrogen and oxygen atoms in total. The van der Waals surface area contributed by atoms with Crippen LogP contribution in [-0.2, 0) is 4.74 Å². The average Bonchev–Trinajstić information content (AvgIpc) is 3.02. The van der Waals surface area contributed by atoms with E-state index in [0.717, 1.165) is 10.6 Å². The first kappa shape index (κ1) is 13.3. The fourth-order valence-electron chi connectivity index (χ4n) is 1.50. The molecule has 0 spiro atoms. The van der Waals surface area contributed by atoms with E-state index in [4.69, 9.17) is 17.0 Å². The van der Waals surface area contributed by atoms with Gasteiger partial charge in [0.05, 0.1) is 11.6 Å². The van der Waals surface area contributed by atoms with Crippen LogP contribution in [0.25, 0.3) is 0 Å². The van der Waals surface area contributed by atoms with E-state index in [0.29, 0.717) is 22.6 Å². The minimum Gasteiger partial charge on any atom is -0.462 e. The maximum atomic E-state index is 11.7. The van der Waals surface area contributed by atoms with Gasteiger partial charge in [0.25, 0.3) is 0 Å². The Balaban J connectivity index is 1.98. The van der Waals surface area contributed by atoms with Crippen LogP contribution in [0.5, 0.6) is 0 Å². The largest absolute Gasteiger partial charge is 0.462 e. The van der Waals surface area contributed by atoms with Crippen molar-refractivity contribution in [1.29, 1.82) is 0 Å². The molecule has 1 aliphatic rings. The van der Waals surface area contributed by atoms with Gasteiger partial charge in [-0.2, -0.15) is 0 Å². The molecule has 0 unspecified atom stereocenters. The molecule has 1 aromatic heterocycles. The van der Waals surface area contributed by atoms with Crippen molar-refractivity contribution in [2.24, 2.45) is 0 Å². The number of thiophene rings is 1. The summed E-state index contributed by atoms with van der Waals surface area (Å²) in [7, 11) is 0. The summed E-state index contributed by atoms with van der Waals surface area (Å²) in [6.45, 7) is 4.08. The highest BCUT2D eigenvalue weighted by atomic mass is 32.1. The van der Waals surface area contributed by atoms with E-state index in [1.807, 2.05) is 13.0 Å². The van der Waals surface area contributed by atoms with Gasteiger partial charge < -0.3 is 15.4 Å². The zero-order valence-corrected chi connectivity index (χ0v) is 12.0. The number of carbonyl (C=O) groups excluding carboxylic acids is 1. The van der Waals surface area contributed by atoms with Gasteiger partial charge in [-0.05, 0) is 50.5 Å². The third-order valence-corrected chi connectivity index (χ3v) is 3.88. The van der Waals surface area contributed by atoms with Gasteiger partial charge >= 0.3 is 5.97 Å². The molecule has 1 aliphatic carbocycles. The van der Waals surface area contributed by atoms with Crippen LogP contribution in [-0.4, -0.2) is 23.7 Å². The van der Waals surface area contributed by atoms with Gasteiger partial charge in [0.1, 0.15) is 4.88 Å². The van der Waals surface area contributed by atoms with Crippen molar-refractivity contribution in [1.82, 2.24) is 5.32 Å². The number of hydrogen-bond donors (Lipinski definition) is 2. The molecule has 0 radical (unpaired) electrons. The molecule has 6 heteroatoms. The van der Waals surface area contributed by atoms with E-state index < -0.39 is 0 Å². The number of rotatable bonds is 4. The van der Waals surface area contributed by atoms with E-state index in [-0.39, 0.29) is 5.97 Å². The molecule has 18 heavy (non-hydrogen) atoms. The average molecular weight is 284 g/mol. The molecule has 0 aromatic carbocycles. The Morgan fingerprint density at radius 3 is 2.94 bits per heavy atom. The van der Waals surface area contributed by atoms with Gasteiger partial charge in [0, 0.05) is 6.04 Å². The number of thiocarbonyl (C=S) groups is 1. The van der Waals surface area contributed by atoms with Gasteiger partial charge in [-0.3, -0.25) is 0 Å². The molecule has 98 valence electrons. The fourth-order valence-corrected chi connectivity index (χ4v) is 2.82. The first-order valence-corrected chi connectivity index (χ1v) is 7.17. The lowest BCUT2D eigenvalue weighted by Crippen LogP contribution is -2.29. The van der Waals surface area contributed by atoms with Gasteiger partial charge in [0.15, 0.2) is 5.11 Å². The first-order chi connectivity index (χ1) is 8.60. The fraction of sp³-hybridized carbons (Fsp3) is 0.500. The number of nitrogens with one attached hydrogen (secondary N) is 2. The summed E-state index contributed by atoms with van der Waals surface area (Å²) in [6, 6.07) is 2.44. The Morgan fingerprint density at radius 1 is 1.61 bits per heavy atom. The third kappa shape index (κ3) is 3.43. The number of anilines is 1. The Hall–Kier alpha value is -1.14. The lowest BCUT2D eigenvalue weighted by atomic mass is 10.3. The molecule has 0 aliphatic heterocycles. The molecule has 0 atom stereocenters. The third-order valence-electron chi connectivity index (χ3n) is 2.53. The second kappa shape index (κ2) is 5.67. The van der Waals surface area contributed by atoms with Crippen LogP contribution in [0.1, 0.15) is 35.0 Å². The maximum Gasteiger partial charge on any atom is 0.348 e. The van der Waals surface area contributed by atoms with Gasteiger partial charge in [-0.1, -0.05) is 0 Å². The number of esters is 1. The number of aryl methyl sites for hydroxylation is 1. The number of carbonyl (C=O) groups is 1. The van der Waals surface area contributed by atoms with Crippen molar-refractivity contribution in [3.05, 3.63) is 16.5 Å². The Morgan fingerprint density at radius 2 is 2.33 bits per heavy atom. The zero-order valence-electron chi connectivity index (χ0n) is 10.4. The van der Waals surface area contributed by atoms with E-state index in [9.17, 15) is 4.79 Å². The normalized spacial score (nSPS) is 14.1. The van der Waals surface area contributed by atoms with Crippen molar-refractivity contribution in [3.63, 3.8) is 0 Å².